The van der Waals surface area contributed by atoms with Crippen LogP contribution >= 0.6 is 15.9 Å². The zero-order chi connectivity index (χ0) is 14.6. The van der Waals surface area contributed by atoms with Crippen molar-refractivity contribution in [1.29, 1.82) is 0 Å². The number of carbonyl (C=O) groups is 2. The molecule has 0 aliphatic heterocycles. The standard InChI is InChI=1S/C13H15BrFNO3/c1-13(2,12(18)19)5-6-16-11(17)9-4-3-8(15)7-10(9)14/h3-4,7H,5-6H2,1-2H3,(H,16,17)(H,18,19). The summed E-state index contributed by atoms with van der Waals surface area (Å²) in [6, 6.07) is 3.77. The van der Waals surface area contributed by atoms with Crippen LogP contribution < -0.4 is 5.32 Å². The van der Waals surface area contributed by atoms with E-state index in [9.17, 15) is 14.0 Å². The molecule has 0 heterocycles. The maximum absolute atomic E-state index is 12.9. The van der Waals surface area contributed by atoms with Crippen LogP contribution in [0.15, 0.2) is 22.7 Å². The molecule has 0 spiro atoms. The molecule has 0 fully saturated rings. The van der Waals surface area contributed by atoms with Crippen molar-refractivity contribution in [3.05, 3.63) is 34.1 Å². The average Bonchev–Trinajstić information content (AvgIpc) is 2.28. The normalized spacial score (nSPS) is 11.2. The zero-order valence-corrected chi connectivity index (χ0v) is 12.3. The monoisotopic (exact) mass is 331 g/mol. The van der Waals surface area contributed by atoms with Crippen molar-refractivity contribution in [2.45, 2.75) is 20.3 Å². The summed E-state index contributed by atoms with van der Waals surface area (Å²) >= 11 is 3.11. The van der Waals surface area contributed by atoms with Gasteiger partial charge in [-0.05, 0) is 54.4 Å². The molecule has 0 saturated heterocycles. The molecule has 0 saturated carbocycles. The molecule has 0 bridgehead atoms. The topological polar surface area (TPSA) is 66.4 Å². The highest BCUT2D eigenvalue weighted by molar-refractivity contribution is 9.10. The summed E-state index contributed by atoms with van der Waals surface area (Å²) in [5.41, 5.74) is -0.581. The summed E-state index contributed by atoms with van der Waals surface area (Å²) in [6.45, 7) is 3.42. The molecule has 0 aliphatic carbocycles. The molecule has 104 valence electrons. The maximum atomic E-state index is 12.9. The molecule has 0 radical (unpaired) electrons. The maximum Gasteiger partial charge on any atom is 0.309 e. The van der Waals surface area contributed by atoms with E-state index in [2.05, 4.69) is 21.2 Å². The van der Waals surface area contributed by atoms with E-state index in [1.807, 2.05) is 0 Å². The Morgan fingerprint density at radius 1 is 1.42 bits per heavy atom. The van der Waals surface area contributed by atoms with Gasteiger partial charge in [-0.15, -0.1) is 0 Å². The molecule has 1 aromatic carbocycles. The van der Waals surface area contributed by atoms with Crippen molar-refractivity contribution in [1.82, 2.24) is 5.32 Å². The number of rotatable bonds is 5. The fourth-order valence-corrected chi connectivity index (χ4v) is 1.90. The van der Waals surface area contributed by atoms with E-state index in [1.165, 1.54) is 18.2 Å². The van der Waals surface area contributed by atoms with Crippen LogP contribution in [0.1, 0.15) is 30.6 Å². The third kappa shape index (κ3) is 4.31. The third-order valence-electron chi connectivity index (χ3n) is 2.79. The van der Waals surface area contributed by atoms with E-state index in [0.29, 0.717) is 16.5 Å². The van der Waals surface area contributed by atoms with Gasteiger partial charge in [0, 0.05) is 11.0 Å². The van der Waals surface area contributed by atoms with E-state index < -0.39 is 17.2 Å². The lowest BCUT2D eigenvalue weighted by atomic mass is 9.90. The van der Waals surface area contributed by atoms with Gasteiger partial charge in [0.15, 0.2) is 0 Å². The van der Waals surface area contributed by atoms with E-state index in [1.54, 1.807) is 13.8 Å². The van der Waals surface area contributed by atoms with Crippen molar-refractivity contribution in [2.24, 2.45) is 5.41 Å². The van der Waals surface area contributed by atoms with Crippen LogP contribution in [0.3, 0.4) is 0 Å². The first-order valence-corrected chi connectivity index (χ1v) is 6.50. The summed E-state index contributed by atoms with van der Waals surface area (Å²) in [7, 11) is 0. The number of aliphatic carboxylic acids is 1. The van der Waals surface area contributed by atoms with E-state index in [4.69, 9.17) is 5.11 Å². The van der Waals surface area contributed by atoms with Crippen LogP contribution in [0, 0.1) is 11.2 Å². The highest BCUT2D eigenvalue weighted by Gasteiger charge is 2.26. The van der Waals surface area contributed by atoms with Crippen LogP contribution in [0.5, 0.6) is 0 Å². The number of amides is 1. The number of carboxylic acids is 1. The minimum atomic E-state index is -0.912. The molecule has 2 N–H and O–H groups in total. The van der Waals surface area contributed by atoms with Gasteiger partial charge in [-0.2, -0.15) is 0 Å². The van der Waals surface area contributed by atoms with Gasteiger partial charge in [0.05, 0.1) is 11.0 Å². The van der Waals surface area contributed by atoms with E-state index in [-0.39, 0.29) is 12.5 Å². The molecule has 0 aromatic heterocycles. The summed E-state index contributed by atoms with van der Waals surface area (Å²) in [6.07, 6.45) is 0.312. The smallest absolute Gasteiger partial charge is 0.309 e. The Morgan fingerprint density at radius 3 is 2.58 bits per heavy atom. The van der Waals surface area contributed by atoms with Crippen LogP contribution in [-0.4, -0.2) is 23.5 Å². The number of hydrogen-bond donors (Lipinski definition) is 2. The third-order valence-corrected chi connectivity index (χ3v) is 3.45. The Morgan fingerprint density at radius 2 is 2.05 bits per heavy atom. The number of halogens is 2. The molecule has 6 heteroatoms. The van der Waals surface area contributed by atoms with Crippen molar-refractivity contribution in [3.63, 3.8) is 0 Å². The Kier molecular flexibility index (Phi) is 5.05. The number of hydrogen-bond acceptors (Lipinski definition) is 2. The second-order valence-corrected chi connectivity index (χ2v) is 5.67. The van der Waals surface area contributed by atoms with Crippen LogP contribution in [0.25, 0.3) is 0 Å². The quantitative estimate of drug-likeness (QED) is 0.871. The number of carbonyl (C=O) groups excluding carboxylic acids is 1. The lowest BCUT2D eigenvalue weighted by molar-refractivity contribution is -0.147. The van der Waals surface area contributed by atoms with Crippen molar-refractivity contribution in [2.75, 3.05) is 6.54 Å². The predicted octanol–water partition coefficient (Wildman–Crippen LogP) is 2.82. The predicted molar refractivity (Wildman–Crippen MR) is 72.5 cm³/mol. The summed E-state index contributed by atoms with van der Waals surface area (Å²) in [4.78, 5) is 22.7. The molecule has 19 heavy (non-hydrogen) atoms. The molecule has 1 aromatic rings. The Balaban J connectivity index is 2.59. The van der Waals surface area contributed by atoms with Gasteiger partial charge in [-0.25, -0.2) is 4.39 Å². The molecule has 0 atom stereocenters. The summed E-state index contributed by atoms with van der Waals surface area (Å²) in [5.74, 6) is -1.71. The first-order valence-electron chi connectivity index (χ1n) is 5.70. The molecular formula is C13H15BrFNO3. The number of benzene rings is 1. The summed E-state index contributed by atoms with van der Waals surface area (Å²) < 4.78 is 13.2. The van der Waals surface area contributed by atoms with Crippen molar-refractivity contribution < 1.29 is 19.1 Å². The van der Waals surface area contributed by atoms with Gasteiger partial charge in [-0.1, -0.05) is 0 Å². The van der Waals surface area contributed by atoms with Gasteiger partial charge >= 0.3 is 5.97 Å². The van der Waals surface area contributed by atoms with Crippen LogP contribution in [0.4, 0.5) is 4.39 Å². The van der Waals surface area contributed by atoms with Crippen molar-refractivity contribution in [3.8, 4) is 0 Å². The van der Waals surface area contributed by atoms with E-state index >= 15 is 0 Å². The highest BCUT2D eigenvalue weighted by Crippen LogP contribution is 2.20. The Bertz CT molecular complexity index is 503. The molecule has 1 rings (SSSR count). The minimum Gasteiger partial charge on any atom is -0.481 e. The van der Waals surface area contributed by atoms with Crippen LogP contribution in [-0.2, 0) is 4.79 Å². The van der Waals surface area contributed by atoms with Crippen LogP contribution in [0.2, 0.25) is 0 Å². The molecule has 1 amide bonds. The fraction of sp³-hybridized carbons (Fsp3) is 0.385. The second kappa shape index (κ2) is 6.14. The van der Waals surface area contributed by atoms with Gasteiger partial charge in [0.2, 0.25) is 0 Å². The van der Waals surface area contributed by atoms with Crippen molar-refractivity contribution >= 4 is 27.8 Å². The first-order chi connectivity index (χ1) is 8.74. The average molecular weight is 332 g/mol. The number of nitrogens with one attached hydrogen (secondary N) is 1. The van der Waals surface area contributed by atoms with E-state index in [0.717, 1.165) is 0 Å². The summed E-state index contributed by atoms with van der Waals surface area (Å²) in [5, 5.41) is 11.6. The lowest BCUT2D eigenvalue weighted by Gasteiger charge is -2.19. The fourth-order valence-electron chi connectivity index (χ4n) is 1.36. The van der Waals surface area contributed by atoms with Gasteiger partial charge in [0.1, 0.15) is 5.82 Å². The molecular weight excluding hydrogens is 317 g/mol. The van der Waals surface area contributed by atoms with Gasteiger partial charge in [0.25, 0.3) is 5.91 Å². The number of carboxylic acid groups (broad SMARTS) is 1. The SMILES string of the molecule is CC(C)(CCNC(=O)c1ccc(F)cc1Br)C(=O)O. The Hall–Kier alpha value is -1.43. The second-order valence-electron chi connectivity index (χ2n) is 4.82. The highest BCUT2D eigenvalue weighted by atomic mass is 79.9. The largest absolute Gasteiger partial charge is 0.481 e. The first kappa shape index (κ1) is 15.6. The lowest BCUT2D eigenvalue weighted by Crippen LogP contribution is -2.32. The van der Waals surface area contributed by atoms with Gasteiger partial charge in [-0.3, -0.25) is 9.59 Å². The minimum absolute atomic E-state index is 0.238. The molecule has 4 nitrogen and oxygen atoms in total. The molecule has 0 unspecified atom stereocenters. The zero-order valence-electron chi connectivity index (χ0n) is 10.7. The van der Waals surface area contributed by atoms with Gasteiger partial charge < -0.3 is 10.4 Å². The Labute approximate surface area is 119 Å². The molecule has 0 aliphatic rings.